The molecule has 0 aliphatic carbocycles. The number of rotatable bonds is 2. The van der Waals surface area contributed by atoms with E-state index in [1.54, 1.807) is 0 Å². The van der Waals surface area contributed by atoms with Crippen LogP contribution < -0.4 is 11.1 Å². The molecule has 1 amide bonds. The largest absolute Gasteiger partial charge is 0.349 e. The van der Waals surface area contributed by atoms with E-state index in [0.29, 0.717) is 18.2 Å². The molecule has 20 heavy (non-hydrogen) atoms. The average Bonchev–Trinajstić information content (AvgIpc) is 2.89. The molecule has 1 saturated heterocycles. The monoisotopic (exact) mass is 291 g/mol. The Morgan fingerprint density at radius 1 is 1.65 bits per heavy atom. The van der Waals surface area contributed by atoms with Crippen molar-refractivity contribution in [1.29, 1.82) is 0 Å². The second kappa shape index (κ2) is 6.89. The maximum atomic E-state index is 12.2. The van der Waals surface area contributed by atoms with E-state index in [-0.39, 0.29) is 11.9 Å². The summed E-state index contributed by atoms with van der Waals surface area (Å²) in [7, 11) is 2.13. The standard InChI is InChI=1S/C15H21N3OS/c1-11-8-13(5-7-18(11)2)17-15(19)12-9-14(20-10-12)4-3-6-16/h9-11,13H,5-8,16H2,1-2H3,(H,17,19). The summed E-state index contributed by atoms with van der Waals surface area (Å²) < 4.78 is 0. The number of hydrogen-bond donors (Lipinski definition) is 2. The number of likely N-dealkylation sites (tertiary alicyclic amines) is 1. The molecule has 0 saturated carbocycles. The van der Waals surface area contributed by atoms with Gasteiger partial charge in [-0.15, -0.1) is 11.3 Å². The van der Waals surface area contributed by atoms with Crippen LogP contribution in [0.25, 0.3) is 0 Å². The molecular weight excluding hydrogens is 270 g/mol. The molecule has 0 spiro atoms. The highest BCUT2D eigenvalue weighted by Gasteiger charge is 2.24. The molecule has 1 aliphatic heterocycles. The number of piperidine rings is 1. The van der Waals surface area contributed by atoms with Crippen LogP contribution in [0.5, 0.6) is 0 Å². The summed E-state index contributed by atoms with van der Waals surface area (Å²) in [5, 5.41) is 4.98. The normalized spacial score (nSPS) is 22.9. The highest BCUT2D eigenvalue weighted by atomic mass is 32.1. The molecule has 108 valence electrons. The molecule has 1 aliphatic rings. The molecule has 0 radical (unpaired) electrons. The van der Waals surface area contributed by atoms with Crippen LogP contribution in [-0.4, -0.2) is 43.0 Å². The van der Waals surface area contributed by atoms with Gasteiger partial charge in [0.1, 0.15) is 0 Å². The number of hydrogen-bond acceptors (Lipinski definition) is 4. The molecule has 2 heterocycles. The maximum Gasteiger partial charge on any atom is 0.252 e. The van der Waals surface area contributed by atoms with E-state index < -0.39 is 0 Å². The summed E-state index contributed by atoms with van der Waals surface area (Å²) in [6.07, 6.45) is 2.02. The third-order valence-electron chi connectivity index (χ3n) is 3.72. The molecular formula is C15H21N3OS. The average molecular weight is 291 g/mol. The number of amides is 1. The lowest BCUT2D eigenvalue weighted by Gasteiger charge is -2.35. The Bertz CT molecular complexity index is 529. The van der Waals surface area contributed by atoms with Gasteiger partial charge in [-0.1, -0.05) is 11.8 Å². The van der Waals surface area contributed by atoms with Gasteiger partial charge in [0.05, 0.1) is 17.0 Å². The van der Waals surface area contributed by atoms with Crippen LogP contribution in [0.1, 0.15) is 35.0 Å². The Morgan fingerprint density at radius 2 is 2.45 bits per heavy atom. The molecule has 4 nitrogen and oxygen atoms in total. The van der Waals surface area contributed by atoms with Crippen molar-refractivity contribution in [1.82, 2.24) is 10.2 Å². The molecule has 1 aromatic rings. The van der Waals surface area contributed by atoms with Gasteiger partial charge in [-0.05, 0) is 32.9 Å². The van der Waals surface area contributed by atoms with Crippen molar-refractivity contribution in [2.45, 2.75) is 31.8 Å². The lowest BCUT2D eigenvalue weighted by Crippen LogP contribution is -2.47. The van der Waals surface area contributed by atoms with Crippen molar-refractivity contribution in [3.63, 3.8) is 0 Å². The van der Waals surface area contributed by atoms with Crippen LogP contribution in [0.15, 0.2) is 11.4 Å². The molecule has 0 aromatic carbocycles. The van der Waals surface area contributed by atoms with Gasteiger partial charge in [-0.2, -0.15) is 0 Å². The zero-order chi connectivity index (χ0) is 14.5. The number of nitrogens with two attached hydrogens (primary N) is 1. The minimum Gasteiger partial charge on any atom is -0.349 e. The van der Waals surface area contributed by atoms with Crippen molar-refractivity contribution in [2.24, 2.45) is 5.73 Å². The predicted molar refractivity (Wildman–Crippen MR) is 82.8 cm³/mol. The Morgan fingerprint density at radius 3 is 3.15 bits per heavy atom. The van der Waals surface area contributed by atoms with Crippen molar-refractivity contribution in [3.05, 3.63) is 21.9 Å². The second-order valence-corrected chi connectivity index (χ2v) is 6.14. The summed E-state index contributed by atoms with van der Waals surface area (Å²) in [6, 6.07) is 2.62. The Labute approximate surface area is 124 Å². The summed E-state index contributed by atoms with van der Waals surface area (Å²) in [5.74, 6) is 5.76. The van der Waals surface area contributed by atoms with Crippen LogP contribution in [0, 0.1) is 11.8 Å². The number of nitrogens with one attached hydrogen (secondary N) is 1. The van der Waals surface area contributed by atoms with Gasteiger partial charge >= 0.3 is 0 Å². The number of carbonyl (C=O) groups is 1. The highest BCUT2D eigenvalue weighted by Crippen LogP contribution is 2.17. The second-order valence-electron chi connectivity index (χ2n) is 5.23. The number of thiophene rings is 1. The van der Waals surface area contributed by atoms with E-state index in [9.17, 15) is 4.79 Å². The molecule has 5 heteroatoms. The Hall–Kier alpha value is -1.35. The van der Waals surface area contributed by atoms with Crippen molar-refractivity contribution in [2.75, 3.05) is 20.1 Å². The third kappa shape index (κ3) is 3.83. The fraction of sp³-hybridized carbons (Fsp3) is 0.533. The fourth-order valence-electron chi connectivity index (χ4n) is 2.35. The summed E-state index contributed by atoms with van der Waals surface area (Å²) in [4.78, 5) is 15.4. The van der Waals surface area contributed by atoms with Crippen molar-refractivity contribution < 1.29 is 4.79 Å². The topological polar surface area (TPSA) is 58.4 Å². The first-order valence-electron chi connectivity index (χ1n) is 6.88. The molecule has 2 atom stereocenters. The lowest BCUT2D eigenvalue weighted by molar-refractivity contribution is 0.0897. The summed E-state index contributed by atoms with van der Waals surface area (Å²) in [5.41, 5.74) is 6.04. The van der Waals surface area contributed by atoms with Crippen LogP contribution in [0.4, 0.5) is 0 Å². The van der Waals surface area contributed by atoms with Crippen molar-refractivity contribution >= 4 is 17.2 Å². The quantitative estimate of drug-likeness (QED) is 0.807. The van der Waals surface area contributed by atoms with Gasteiger partial charge < -0.3 is 16.0 Å². The molecule has 1 aromatic heterocycles. The van der Waals surface area contributed by atoms with E-state index in [2.05, 4.69) is 36.0 Å². The molecule has 3 N–H and O–H groups in total. The smallest absolute Gasteiger partial charge is 0.252 e. The minimum atomic E-state index is 0.00352. The van der Waals surface area contributed by atoms with E-state index >= 15 is 0 Å². The zero-order valence-electron chi connectivity index (χ0n) is 12.0. The van der Waals surface area contributed by atoms with E-state index in [0.717, 1.165) is 24.3 Å². The van der Waals surface area contributed by atoms with E-state index in [1.807, 2.05) is 11.4 Å². The van der Waals surface area contributed by atoms with Gasteiger partial charge in [0, 0.05) is 24.0 Å². The fourth-order valence-corrected chi connectivity index (χ4v) is 3.10. The number of nitrogens with zero attached hydrogens (tertiary/aromatic N) is 1. The first-order chi connectivity index (χ1) is 9.60. The molecule has 0 bridgehead atoms. The summed E-state index contributed by atoms with van der Waals surface area (Å²) in [6.45, 7) is 3.57. The van der Waals surface area contributed by atoms with Crippen LogP contribution in [-0.2, 0) is 0 Å². The van der Waals surface area contributed by atoms with Crippen LogP contribution >= 0.6 is 11.3 Å². The predicted octanol–water partition coefficient (Wildman–Crippen LogP) is 1.27. The lowest BCUT2D eigenvalue weighted by atomic mass is 9.99. The van der Waals surface area contributed by atoms with E-state index in [1.165, 1.54) is 11.3 Å². The maximum absolute atomic E-state index is 12.2. The number of carbonyl (C=O) groups excluding carboxylic acids is 1. The first kappa shape index (κ1) is 15.0. The minimum absolute atomic E-state index is 0.00352. The Balaban J connectivity index is 1.93. The van der Waals surface area contributed by atoms with Gasteiger partial charge in [-0.25, -0.2) is 0 Å². The van der Waals surface area contributed by atoms with Crippen molar-refractivity contribution in [3.8, 4) is 11.8 Å². The van der Waals surface area contributed by atoms with Crippen LogP contribution in [0.2, 0.25) is 0 Å². The summed E-state index contributed by atoms with van der Waals surface area (Å²) >= 11 is 1.48. The molecule has 1 fully saturated rings. The van der Waals surface area contributed by atoms with Gasteiger partial charge in [0.25, 0.3) is 5.91 Å². The molecule has 2 unspecified atom stereocenters. The SMILES string of the molecule is CC1CC(NC(=O)c2csc(C#CCN)c2)CCN1C. The Kier molecular flexibility index (Phi) is 5.18. The zero-order valence-corrected chi connectivity index (χ0v) is 12.8. The third-order valence-corrected chi connectivity index (χ3v) is 4.56. The highest BCUT2D eigenvalue weighted by molar-refractivity contribution is 7.10. The van der Waals surface area contributed by atoms with Crippen LogP contribution in [0.3, 0.4) is 0 Å². The van der Waals surface area contributed by atoms with Gasteiger partial charge in [0.2, 0.25) is 0 Å². The first-order valence-corrected chi connectivity index (χ1v) is 7.76. The van der Waals surface area contributed by atoms with Gasteiger partial charge in [0.15, 0.2) is 0 Å². The van der Waals surface area contributed by atoms with Gasteiger partial charge in [-0.3, -0.25) is 4.79 Å². The van der Waals surface area contributed by atoms with E-state index in [4.69, 9.17) is 5.73 Å². The molecule has 2 rings (SSSR count).